The van der Waals surface area contributed by atoms with E-state index in [4.69, 9.17) is 5.11 Å². The first-order chi connectivity index (χ1) is 7.66. The molecule has 1 amide bonds. The number of rotatable bonds is 6. The molecule has 0 saturated carbocycles. The fourth-order valence-electron chi connectivity index (χ4n) is 1.13. The van der Waals surface area contributed by atoms with Crippen molar-refractivity contribution in [2.45, 2.75) is 6.42 Å². The smallest absolute Gasteiger partial charge is 0.354 e. The number of aromatic amines is 1. The molecule has 88 valence electrons. The van der Waals surface area contributed by atoms with E-state index in [9.17, 15) is 9.59 Å². The number of hydrogen-bond acceptors (Lipinski definition) is 4. The normalized spacial score (nSPS) is 10.1. The fraction of sp³-hybridized carbons (Fsp3) is 0.444. The Morgan fingerprint density at radius 2 is 2.38 bits per heavy atom. The van der Waals surface area contributed by atoms with Crippen LogP contribution in [0.25, 0.3) is 0 Å². The fourth-order valence-corrected chi connectivity index (χ4v) is 1.56. The molecule has 16 heavy (non-hydrogen) atoms. The highest BCUT2D eigenvalue weighted by atomic mass is 32.2. The molecule has 1 rings (SSSR count). The second-order valence-corrected chi connectivity index (χ2v) is 4.02. The van der Waals surface area contributed by atoms with Gasteiger partial charge in [0.25, 0.3) is 5.91 Å². The van der Waals surface area contributed by atoms with Crippen LogP contribution in [0.15, 0.2) is 6.33 Å². The topological polar surface area (TPSA) is 95.1 Å². The molecule has 1 aromatic heterocycles. The van der Waals surface area contributed by atoms with Crippen LogP contribution >= 0.6 is 11.8 Å². The standard InChI is InChI=1S/C9H13N3O3S/c1-16-4-2-3-10-8(13)6-7(9(14)15)12-5-11-6/h5H,2-4H2,1H3,(H,10,13)(H,11,12)(H,14,15). The lowest BCUT2D eigenvalue weighted by Crippen LogP contribution is -2.26. The molecule has 0 aliphatic carbocycles. The zero-order chi connectivity index (χ0) is 12.0. The number of carbonyl (C=O) groups is 2. The van der Waals surface area contributed by atoms with Crippen molar-refractivity contribution < 1.29 is 14.7 Å². The summed E-state index contributed by atoms with van der Waals surface area (Å²) < 4.78 is 0. The highest BCUT2D eigenvalue weighted by Crippen LogP contribution is 2.02. The minimum Gasteiger partial charge on any atom is -0.477 e. The molecule has 0 bridgehead atoms. The van der Waals surface area contributed by atoms with Gasteiger partial charge in [0.1, 0.15) is 0 Å². The number of imidazole rings is 1. The van der Waals surface area contributed by atoms with Crippen LogP contribution in [0, 0.1) is 0 Å². The van der Waals surface area contributed by atoms with Gasteiger partial charge in [0.15, 0.2) is 11.4 Å². The van der Waals surface area contributed by atoms with Crippen molar-refractivity contribution >= 4 is 23.6 Å². The van der Waals surface area contributed by atoms with Gasteiger partial charge >= 0.3 is 5.97 Å². The van der Waals surface area contributed by atoms with Crippen molar-refractivity contribution in [1.82, 2.24) is 15.3 Å². The van der Waals surface area contributed by atoms with E-state index in [-0.39, 0.29) is 11.4 Å². The minimum absolute atomic E-state index is 0.0725. The van der Waals surface area contributed by atoms with Gasteiger partial charge in [0, 0.05) is 6.54 Å². The zero-order valence-corrected chi connectivity index (χ0v) is 9.63. The van der Waals surface area contributed by atoms with Crippen LogP contribution in [0.4, 0.5) is 0 Å². The predicted octanol–water partition coefficient (Wildman–Crippen LogP) is 0.591. The molecule has 0 aliphatic rings. The van der Waals surface area contributed by atoms with Crippen LogP contribution in [-0.4, -0.2) is 45.5 Å². The maximum atomic E-state index is 11.5. The third-order valence-corrected chi connectivity index (χ3v) is 2.58. The van der Waals surface area contributed by atoms with Crippen molar-refractivity contribution in [2.24, 2.45) is 0 Å². The average Bonchev–Trinajstić information content (AvgIpc) is 2.73. The molecule has 0 fully saturated rings. The Kier molecular flexibility index (Phi) is 4.84. The van der Waals surface area contributed by atoms with Crippen molar-refractivity contribution in [3.8, 4) is 0 Å². The first kappa shape index (κ1) is 12.6. The van der Waals surface area contributed by atoms with Gasteiger partial charge in [-0.2, -0.15) is 11.8 Å². The molecule has 0 atom stereocenters. The summed E-state index contributed by atoms with van der Waals surface area (Å²) in [4.78, 5) is 28.3. The lowest BCUT2D eigenvalue weighted by Gasteiger charge is -2.02. The van der Waals surface area contributed by atoms with E-state index >= 15 is 0 Å². The summed E-state index contributed by atoms with van der Waals surface area (Å²) in [5.41, 5.74) is -0.251. The number of carboxylic acid groups (broad SMARTS) is 1. The maximum Gasteiger partial charge on any atom is 0.354 e. The SMILES string of the molecule is CSCCCNC(=O)c1nc[nH]c1C(=O)O. The molecule has 1 heterocycles. The number of thioether (sulfide) groups is 1. The molecular formula is C9H13N3O3S. The summed E-state index contributed by atoms with van der Waals surface area (Å²) in [5, 5.41) is 11.4. The summed E-state index contributed by atoms with van der Waals surface area (Å²) >= 11 is 1.69. The molecule has 0 aliphatic heterocycles. The Labute approximate surface area is 96.8 Å². The van der Waals surface area contributed by atoms with Crippen molar-refractivity contribution in [2.75, 3.05) is 18.6 Å². The number of H-pyrrole nitrogens is 1. The molecule has 3 N–H and O–H groups in total. The van der Waals surface area contributed by atoms with Crippen molar-refractivity contribution in [3.05, 3.63) is 17.7 Å². The highest BCUT2D eigenvalue weighted by molar-refractivity contribution is 7.98. The Morgan fingerprint density at radius 3 is 3.00 bits per heavy atom. The van der Waals surface area contributed by atoms with Gasteiger partial charge in [0.2, 0.25) is 0 Å². The number of carbonyl (C=O) groups excluding carboxylic acids is 1. The molecule has 7 heteroatoms. The molecule has 0 aromatic carbocycles. The molecule has 0 saturated heterocycles. The molecule has 6 nitrogen and oxygen atoms in total. The highest BCUT2D eigenvalue weighted by Gasteiger charge is 2.18. The summed E-state index contributed by atoms with van der Waals surface area (Å²) in [6.45, 7) is 0.519. The van der Waals surface area contributed by atoms with Gasteiger partial charge in [-0.1, -0.05) is 0 Å². The largest absolute Gasteiger partial charge is 0.477 e. The van der Waals surface area contributed by atoms with Gasteiger partial charge in [-0.05, 0) is 18.4 Å². The number of aromatic nitrogens is 2. The lowest BCUT2D eigenvalue weighted by molar-refractivity contribution is 0.0685. The first-order valence-corrected chi connectivity index (χ1v) is 6.10. The number of amides is 1. The van der Waals surface area contributed by atoms with Gasteiger partial charge in [-0.15, -0.1) is 0 Å². The minimum atomic E-state index is -1.19. The summed E-state index contributed by atoms with van der Waals surface area (Å²) in [5.74, 6) is -0.696. The molecule has 0 spiro atoms. The van der Waals surface area contributed by atoms with Crippen LogP contribution in [-0.2, 0) is 0 Å². The van der Waals surface area contributed by atoms with Crippen LogP contribution in [0.5, 0.6) is 0 Å². The number of hydrogen-bond donors (Lipinski definition) is 3. The van der Waals surface area contributed by atoms with E-state index in [1.165, 1.54) is 6.33 Å². The van der Waals surface area contributed by atoms with Gasteiger partial charge < -0.3 is 15.4 Å². The Morgan fingerprint density at radius 1 is 1.62 bits per heavy atom. The van der Waals surface area contributed by atoms with Crippen LogP contribution in [0.1, 0.15) is 27.4 Å². The van der Waals surface area contributed by atoms with Gasteiger partial charge in [0.05, 0.1) is 6.33 Å². The second-order valence-electron chi connectivity index (χ2n) is 3.03. The van der Waals surface area contributed by atoms with E-state index in [1.54, 1.807) is 11.8 Å². The monoisotopic (exact) mass is 243 g/mol. The number of carboxylic acids is 1. The molecule has 0 radical (unpaired) electrons. The van der Waals surface area contributed by atoms with Crippen molar-refractivity contribution in [3.63, 3.8) is 0 Å². The van der Waals surface area contributed by atoms with Crippen LogP contribution in [0.2, 0.25) is 0 Å². The Balaban J connectivity index is 2.53. The van der Waals surface area contributed by atoms with E-state index in [1.807, 2.05) is 6.26 Å². The lowest BCUT2D eigenvalue weighted by atomic mass is 10.3. The van der Waals surface area contributed by atoms with Crippen LogP contribution in [0.3, 0.4) is 0 Å². The molecule has 1 aromatic rings. The quantitative estimate of drug-likeness (QED) is 0.636. The van der Waals surface area contributed by atoms with E-state index in [0.717, 1.165) is 12.2 Å². The summed E-state index contributed by atoms with van der Waals surface area (Å²) in [6.07, 6.45) is 4.03. The van der Waals surface area contributed by atoms with E-state index in [0.29, 0.717) is 6.54 Å². The summed E-state index contributed by atoms with van der Waals surface area (Å²) in [6, 6.07) is 0. The van der Waals surface area contributed by atoms with E-state index in [2.05, 4.69) is 15.3 Å². The number of aromatic carboxylic acids is 1. The Bertz CT molecular complexity index is 378. The zero-order valence-electron chi connectivity index (χ0n) is 8.82. The second kappa shape index (κ2) is 6.16. The van der Waals surface area contributed by atoms with Crippen LogP contribution < -0.4 is 5.32 Å². The third-order valence-electron chi connectivity index (χ3n) is 1.88. The number of nitrogens with zero attached hydrogens (tertiary/aromatic N) is 1. The van der Waals surface area contributed by atoms with Crippen molar-refractivity contribution in [1.29, 1.82) is 0 Å². The van der Waals surface area contributed by atoms with Gasteiger partial charge in [-0.3, -0.25) is 4.79 Å². The molecular weight excluding hydrogens is 230 g/mol. The average molecular weight is 243 g/mol. The summed E-state index contributed by atoms with van der Waals surface area (Å²) in [7, 11) is 0. The van der Waals surface area contributed by atoms with Gasteiger partial charge in [-0.25, -0.2) is 9.78 Å². The maximum absolute atomic E-state index is 11.5. The molecule has 0 unspecified atom stereocenters. The third kappa shape index (κ3) is 3.27. The van der Waals surface area contributed by atoms with E-state index < -0.39 is 11.9 Å². The number of nitrogens with one attached hydrogen (secondary N) is 2. The predicted molar refractivity (Wildman–Crippen MR) is 60.9 cm³/mol. The Hall–Kier alpha value is -1.50. The first-order valence-electron chi connectivity index (χ1n) is 4.70.